The predicted molar refractivity (Wildman–Crippen MR) is 64.3 cm³/mol. The molecule has 0 spiro atoms. The van der Waals surface area contributed by atoms with E-state index < -0.39 is 0 Å². The summed E-state index contributed by atoms with van der Waals surface area (Å²) in [5.41, 5.74) is 1.10. The lowest BCUT2D eigenvalue weighted by Crippen LogP contribution is -2.38. The summed E-state index contributed by atoms with van der Waals surface area (Å²) >= 11 is 0. The summed E-state index contributed by atoms with van der Waals surface area (Å²) in [5.74, 6) is 0.113. The van der Waals surface area contributed by atoms with Crippen molar-refractivity contribution in [1.82, 2.24) is 9.88 Å². The Morgan fingerprint density at radius 3 is 2.88 bits per heavy atom. The highest BCUT2D eigenvalue weighted by molar-refractivity contribution is 5.81. The van der Waals surface area contributed by atoms with Crippen LogP contribution in [0, 0.1) is 0 Å². The molecule has 1 amide bonds. The smallest absolute Gasteiger partial charge is 0.251 e. The first-order valence-corrected chi connectivity index (χ1v) is 6.10. The molecular weight excluding hydrogens is 216 g/mol. The number of carbonyl (C=O) groups is 1. The Bertz CT molecular complexity index is 361. The molecule has 2 rings (SSSR count). The average molecular weight is 234 g/mol. The summed E-state index contributed by atoms with van der Waals surface area (Å²) in [6.07, 6.45) is 5.12. The van der Waals surface area contributed by atoms with Crippen molar-refractivity contribution in [3.63, 3.8) is 0 Å². The van der Waals surface area contributed by atoms with Gasteiger partial charge in [0, 0.05) is 32.1 Å². The van der Waals surface area contributed by atoms with Crippen LogP contribution in [-0.2, 0) is 16.1 Å². The third-order valence-electron chi connectivity index (χ3n) is 3.02. The summed E-state index contributed by atoms with van der Waals surface area (Å²) < 4.78 is 5.43. The standard InChI is InChI=1S/C13H18N2O2/c1-2-15(10-11-5-7-14-8-6-11)13(16)12-4-3-9-17-12/h5-8,12H,2-4,9-10H2,1H3/t12-/m1/s1. The number of hydrogen-bond donors (Lipinski definition) is 0. The summed E-state index contributed by atoms with van der Waals surface area (Å²) in [6, 6.07) is 3.87. The van der Waals surface area contributed by atoms with Gasteiger partial charge < -0.3 is 9.64 Å². The lowest BCUT2D eigenvalue weighted by atomic mass is 10.2. The zero-order valence-corrected chi connectivity index (χ0v) is 10.1. The minimum atomic E-state index is -0.225. The van der Waals surface area contributed by atoms with Gasteiger partial charge in [0.1, 0.15) is 6.10 Å². The van der Waals surface area contributed by atoms with Crippen LogP contribution in [0.15, 0.2) is 24.5 Å². The minimum absolute atomic E-state index is 0.113. The van der Waals surface area contributed by atoms with Crippen LogP contribution in [0.4, 0.5) is 0 Å². The summed E-state index contributed by atoms with van der Waals surface area (Å²) in [6.45, 7) is 4.05. The highest BCUT2D eigenvalue weighted by Crippen LogP contribution is 2.16. The first-order chi connectivity index (χ1) is 8.31. The molecule has 0 aliphatic carbocycles. The molecule has 1 aromatic rings. The van der Waals surface area contributed by atoms with Crippen LogP contribution in [0.3, 0.4) is 0 Å². The fourth-order valence-corrected chi connectivity index (χ4v) is 2.03. The van der Waals surface area contributed by atoms with Crippen LogP contribution in [0.1, 0.15) is 25.3 Å². The molecule has 0 bridgehead atoms. The molecule has 17 heavy (non-hydrogen) atoms. The molecule has 1 aromatic heterocycles. The highest BCUT2D eigenvalue weighted by Gasteiger charge is 2.27. The molecule has 0 saturated carbocycles. The fraction of sp³-hybridized carbons (Fsp3) is 0.538. The van der Waals surface area contributed by atoms with Gasteiger partial charge in [-0.15, -0.1) is 0 Å². The first kappa shape index (κ1) is 12.0. The van der Waals surface area contributed by atoms with Crippen LogP contribution >= 0.6 is 0 Å². The van der Waals surface area contributed by atoms with Gasteiger partial charge >= 0.3 is 0 Å². The van der Waals surface area contributed by atoms with Crippen molar-refractivity contribution in [2.24, 2.45) is 0 Å². The minimum Gasteiger partial charge on any atom is -0.368 e. The topological polar surface area (TPSA) is 42.4 Å². The summed E-state index contributed by atoms with van der Waals surface area (Å²) in [5, 5.41) is 0. The summed E-state index contributed by atoms with van der Waals surface area (Å²) in [7, 11) is 0. The number of likely N-dealkylation sites (N-methyl/N-ethyl adjacent to an activating group) is 1. The van der Waals surface area contributed by atoms with E-state index in [0.29, 0.717) is 19.7 Å². The molecule has 4 nitrogen and oxygen atoms in total. The van der Waals surface area contributed by atoms with Gasteiger partial charge in [0.05, 0.1) is 0 Å². The van der Waals surface area contributed by atoms with Gasteiger partial charge in [-0.05, 0) is 37.5 Å². The lowest BCUT2D eigenvalue weighted by molar-refractivity contribution is -0.141. The van der Waals surface area contributed by atoms with Crippen LogP contribution in [-0.4, -0.2) is 35.0 Å². The zero-order chi connectivity index (χ0) is 12.1. The van der Waals surface area contributed by atoms with Gasteiger partial charge in [0.2, 0.25) is 0 Å². The number of ether oxygens (including phenoxy) is 1. The highest BCUT2D eigenvalue weighted by atomic mass is 16.5. The molecule has 0 radical (unpaired) electrons. The number of pyridine rings is 1. The number of aromatic nitrogens is 1. The molecule has 0 N–H and O–H groups in total. The molecule has 4 heteroatoms. The lowest BCUT2D eigenvalue weighted by Gasteiger charge is -2.23. The van der Waals surface area contributed by atoms with Gasteiger partial charge in [-0.25, -0.2) is 0 Å². The number of carbonyl (C=O) groups excluding carboxylic acids is 1. The average Bonchev–Trinajstić information content (AvgIpc) is 2.90. The van der Waals surface area contributed by atoms with Crippen LogP contribution in [0.2, 0.25) is 0 Å². The third-order valence-corrected chi connectivity index (χ3v) is 3.02. The van der Waals surface area contributed by atoms with E-state index in [1.54, 1.807) is 12.4 Å². The molecule has 0 aromatic carbocycles. The van der Waals surface area contributed by atoms with Gasteiger partial charge in [-0.3, -0.25) is 9.78 Å². The molecule has 1 aliphatic rings. The van der Waals surface area contributed by atoms with E-state index in [4.69, 9.17) is 4.74 Å². The van der Waals surface area contributed by atoms with Crippen molar-refractivity contribution in [2.45, 2.75) is 32.4 Å². The maximum atomic E-state index is 12.2. The fourth-order valence-electron chi connectivity index (χ4n) is 2.03. The third kappa shape index (κ3) is 3.03. The van der Waals surface area contributed by atoms with E-state index in [-0.39, 0.29) is 12.0 Å². The van der Waals surface area contributed by atoms with Crippen molar-refractivity contribution in [1.29, 1.82) is 0 Å². The SMILES string of the molecule is CCN(Cc1ccncc1)C(=O)[C@H]1CCCO1. The molecule has 2 heterocycles. The molecule has 1 fully saturated rings. The molecular formula is C13H18N2O2. The maximum Gasteiger partial charge on any atom is 0.251 e. The Kier molecular flexibility index (Phi) is 4.09. The van der Waals surface area contributed by atoms with E-state index in [9.17, 15) is 4.79 Å². The van der Waals surface area contributed by atoms with E-state index in [0.717, 1.165) is 18.4 Å². The van der Waals surface area contributed by atoms with Crippen LogP contribution in [0.5, 0.6) is 0 Å². The quantitative estimate of drug-likeness (QED) is 0.795. The van der Waals surface area contributed by atoms with E-state index in [2.05, 4.69) is 4.98 Å². The van der Waals surface area contributed by atoms with Crippen molar-refractivity contribution in [3.8, 4) is 0 Å². The van der Waals surface area contributed by atoms with Gasteiger partial charge in [0.25, 0.3) is 5.91 Å². The molecule has 92 valence electrons. The van der Waals surface area contributed by atoms with Gasteiger partial charge in [-0.1, -0.05) is 0 Å². The van der Waals surface area contributed by atoms with Crippen molar-refractivity contribution < 1.29 is 9.53 Å². The van der Waals surface area contributed by atoms with Crippen LogP contribution in [0.25, 0.3) is 0 Å². The Morgan fingerprint density at radius 2 is 2.29 bits per heavy atom. The maximum absolute atomic E-state index is 12.2. The molecule has 1 saturated heterocycles. The Morgan fingerprint density at radius 1 is 1.53 bits per heavy atom. The van der Waals surface area contributed by atoms with Crippen molar-refractivity contribution >= 4 is 5.91 Å². The molecule has 1 atom stereocenters. The van der Waals surface area contributed by atoms with Crippen molar-refractivity contribution in [2.75, 3.05) is 13.2 Å². The first-order valence-electron chi connectivity index (χ1n) is 6.10. The summed E-state index contributed by atoms with van der Waals surface area (Å²) in [4.78, 5) is 18.0. The van der Waals surface area contributed by atoms with E-state index >= 15 is 0 Å². The zero-order valence-electron chi connectivity index (χ0n) is 10.1. The van der Waals surface area contributed by atoms with E-state index in [1.165, 1.54) is 0 Å². The Balaban J connectivity index is 1.98. The number of nitrogens with zero attached hydrogens (tertiary/aromatic N) is 2. The normalized spacial score (nSPS) is 19.2. The Labute approximate surface area is 102 Å². The number of hydrogen-bond acceptors (Lipinski definition) is 3. The van der Waals surface area contributed by atoms with Gasteiger partial charge in [-0.2, -0.15) is 0 Å². The van der Waals surface area contributed by atoms with Crippen LogP contribution < -0.4 is 0 Å². The second kappa shape index (κ2) is 5.77. The Hall–Kier alpha value is -1.42. The largest absolute Gasteiger partial charge is 0.368 e. The van der Waals surface area contributed by atoms with Gasteiger partial charge in [0.15, 0.2) is 0 Å². The monoisotopic (exact) mass is 234 g/mol. The second-order valence-electron chi connectivity index (χ2n) is 4.21. The molecule has 1 aliphatic heterocycles. The molecule has 0 unspecified atom stereocenters. The number of rotatable bonds is 4. The second-order valence-corrected chi connectivity index (χ2v) is 4.21. The van der Waals surface area contributed by atoms with E-state index in [1.807, 2.05) is 24.0 Å². The van der Waals surface area contributed by atoms with Crippen molar-refractivity contribution in [3.05, 3.63) is 30.1 Å². The number of amides is 1. The predicted octanol–water partition coefficient (Wildman–Crippen LogP) is 1.61.